The summed E-state index contributed by atoms with van der Waals surface area (Å²) in [6.07, 6.45) is 3.86. The molecule has 1 spiro atoms. The minimum atomic E-state index is -0.354. The average Bonchev–Trinajstić information content (AvgIpc) is 3.30. The third kappa shape index (κ3) is 2.55. The lowest BCUT2D eigenvalue weighted by atomic mass is 9.85. The smallest absolute Gasteiger partial charge is 0.285 e. The topological polar surface area (TPSA) is 79.7 Å². The number of aromatic amines is 1. The minimum absolute atomic E-state index is 0.103. The van der Waals surface area contributed by atoms with Gasteiger partial charge in [0.2, 0.25) is 0 Å². The molecule has 1 saturated heterocycles. The van der Waals surface area contributed by atoms with Crippen molar-refractivity contribution in [1.82, 2.24) is 19.5 Å². The van der Waals surface area contributed by atoms with Crippen molar-refractivity contribution in [3.8, 4) is 0 Å². The van der Waals surface area contributed by atoms with Crippen LogP contribution in [-0.2, 0) is 16.8 Å². The van der Waals surface area contributed by atoms with Crippen LogP contribution >= 0.6 is 11.3 Å². The Morgan fingerprint density at radius 2 is 2.19 bits per heavy atom. The highest BCUT2D eigenvalue weighted by atomic mass is 32.1. The molecular weight excluding hydrogens is 364 g/mol. The number of amides is 1. The number of hydrogen-bond donors (Lipinski definition) is 1. The van der Waals surface area contributed by atoms with E-state index in [9.17, 15) is 9.59 Å². The summed E-state index contributed by atoms with van der Waals surface area (Å²) in [7, 11) is 0. The molecule has 2 aliphatic rings. The molecule has 1 fully saturated rings. The first-order valence-corrected chi connectivity index (χ1v) is 10.0. The second-order valence-electron chi connectivity index (χ2n) is 7.27. The molecular formula is C19H20N4O3S. The van der Waals surface area contributed by atoms with Gasteiger partial charge in [-0.05, 0) is 43.2 Å². The van der Waals surface area contributed by atoms with Crippen molar-refractivity contribution in [1.29, 1.82) is 0 Å². The first kappa shape index (κ1) is 16.7. The van der Waals surface area contributed by atoms with Crippen LogP contribution in [0.25, 0.3) is 5.65 Å². The summed E-state index contributed by atoms with van der Waals surface area (Å²) >= 11 is 1.75. The molecule has 0 aromatic carbocycles. The first-order valence-electron chi connectivity index (χ1n) is 9.15. The van der Waals surface area contributed by atoms with Crippen molar-refractivity contribution < 1.29 is 9.53 Å². The van der Waals surface area contributed by atoms with Gasteiger partial charge in [0, 0.05) is 35.9 Å². The van der Waals surface area contributed by atoms with Crippen LogP contribution in [0.2, 0.25) is 0 Å². The number of rotatable bonds is 1. The molecule has 1 N–H and O–H groups in total. The zero-order valence-corrected chi connectivity index (χ0v) is 15.8. The summed E-state index contributed by atoms with van der Waals surface area (Å²) in [5, 5.41) is 5.06. The molecule has 8 heteroatoms. The number of carbonyl (C=O) groups is 1. The number of likely N-dealkylation sites (tertiary alicyclic amines) is 1. The zero-order chi connectivity index (χ0) is 18.6. The molecule has 0 unspecified atom stereocenters. The predicted octanol–water partition coefficient (Wildman–Crippen LogP) is 2.10. The van der Waals surface area contributed by atoms with Crippen molar-refractivity contribution in [2.45, 2.75) is 31.8 Å². The van der Waals surface area contributed by atoms with E-state index in [4.69, 9.17) is 4.74 Å². The van der Waals surface area contributed by atoms with Gasteiger partial charge in [0.05, 0.1) is 6.61 Å². The molecule has 5 rings (SSSR count). The van der Waals surface area contributed by atoms with Gasteiger partial charge in [-0.3, -0.25) is 14.7 Å². The Labute approximate surface area is 159 Å². The van der Waals surface area contributed by atoms with Crippen LogP contribution in [0.4, 0.5) is 0 Å². The number of hydrogen-bond acceptors (Lipinski definition) is 5. The van der Waals surface area contributed by atoms with E-state index >= 15 is 0 Å². The molecule has 27 heavy (non-hydrogen) atoms. The Balaban J connectivity index is 1.40. The SMILES string of the molecule is Cc1cc2ncc(C(=O)N3CCC4(CC3)OCCc3ccsc34)c(=O)n2[nH]1. The summed E-state index contributed by atoms with van der Waals surface area (Å²) in [4.78, 5) is 32.9. The van der Waals surface area contributed by atoms with Crippen molar-refractivity contribution in [3.05, 3.63) is 55.8 Å². The molecule has 0 bridgehead atoms. The maximum atomic E-state index is 13.0. The number of aryl methyl sites for hydroxylation is 1. The van der Waals surface area contributed by atoms with E-state index in [1.54, 1.807) is 22.3 Å². The van der Waals surface area contributed by atoms with Gasteiger partial charge < -0.3 is 9.64 Å². The standard InChI is InChI=1S/C19H20N4O3S/c1-12-10-15-20-11-14(18(25)23(15)21-12)17(24)22-6-4-19(5-7-22)16-13(2-8-26-19)3-9-27-16/h3,9-11,21H,2,4-8H2,1H3. The Kier molecular flexibility index (Phi) is 3.73. The molecule has 1 amide bonds. The van der Waals surface area contributed by atoms with Crippen LogP contribution in [0.5, 0.6) is 0 Å². The molecule has 3 aromatic rings. The third-order valence-corrected chi connectivity index (χ3v) is 6.76. The fourth-order valence-electron chi connectivity index (χ4n) is 4.19. The molecule has 0 radical (unpaired) electrons. The van der Waals surface area contributed by atoms with Crippen LogP contribution in [0.3, 0.4) is 0 Å². The van der Waals surface area contributed by atoms with Crippen LogP contribution in [0, 0.1) is 6.92 Å². The van der Waals surface area contributed by atoms with Gasteiger partial charge >= 0.3 is 0 Å². The van der Waals surface area contributed by atoms with Gasteiger partial charge in [0.25, 0.3) is 11.5 Å². The van der Waals surface area contributed by atoms with Gasteiger partial charge in [-0.15, -0.1) is 11.3 Å². The summed E-state index contributed by atoms with van der Waals surface area (Å²) in [5.74, 6) is -0.258. The van der Waals surface area contributed by atoms with Gasteiger partial charge in [-0.2, -0.15) is 0 Å². The highest BCUT2D eigenvalue weighted by molar-refractivity contribution is 7.10. The fraction of sp³-hybridized carbons (Fsp3) is 0.421. The van der Waals surface area contributed by atoms with E-state index in [0.29, 0.717) is 18.7 Å². The van der Waals surface area contributed by atoms with Gasteiger partial charge in [-0.1, -0.05) is 0 Å². The third-order valence-electron chi connectivity index (χ3n) is 5.62. The number of fused-ring (bicyclic) bond motifs is 3. The molecule has 0 aliphatic carbocycles. The summed E-state index contributed by atoms with van der Waals surface area (Å²) in [5.41, 5.74) is 2.20. The van der Waals surface area contributed by atoms with E-state index in [0.717, 1.165) is 31.6 Å². The highest BCUT2D eigenvalue weighted by Crippen LogP contribution is 2.44. The number of ether oxygens (including phenoxy) is 1. The quantitative estimate of drug-likeness (QED) is 0.697. The monoisotopic (exact) mass is 384 g/mol. The number of nitrogens with one attached hydrogen (secondary N) is 1. The predicted molar refractivity (Wildman–Crippen MR) is 101 cm³/mol. The number of H-pyrrole nitrogens is 1. The van der Waals surface area contributed by atoms with E-state index in [1.807, 2.05) is 6.92 Å². The summed E-state index contributed by atoms with van der Waals surface area (Å²) < 4.78 is 7.53. The number of carbonyl (C=O) groups excluding carboxylic acids is 1. The Morgan fingerprint density at radius 1 is 1.37 bits per heavy atom. The van der Waals surface area contributed by atoms with Crippen LogP contribution in [0.1, 0.15) is 39.3 Å². The van der Waals surface area contributed by atoms with Gasteiger partial charge in [0.15, 0.2) is 5.65 Å². The Hall–Kier alpha value is -2.45. The Bertz CT molecular complexity index is 1090. The molecule has 140 valence electrons. The van der Waals surface area contributed by atoms with Crippen molar-refractivity contribution >= 4 is 22.9 Å². The van der Waals surface area contributed by atoms with Crippen LogP contribution in [0.15, 0.2) is 28.5 Å². The maximum absolute atomic E-state index is 13.0. The lowest BCUT2D eigenvalue weighted by molar-refractivity contribution is -0.0906. The average molecular weight is 384 g/mol. The van der Waals surface area contributed by atoms with E-state index in [1.165, 1.54) is 21.2 Å². The van der Waals surface area contributed by atoms with E-state index in [2.05, 4.69) is 21.5 Å². The molecule has 7 nitrogen and oxygen atoms in total. The maximum Gasteiger partial charge on any atom is 0.285 e. The first-order chi connectivity index (χ1) is 13.1. The summed E-state index contributed by atoms with van der Waals surface area (Å²) in [6, 6.07) is 3.96. The lowest BCUT2D eigenvalue weighted by Gasteiger charge is -2.43. The minimum Gasteiger partial charge on any atom is -0.369 e. The van der Waals surface area contributed by atoms with Crippen molar-refractivity contribution in [2.24, 2.45) is 0 Å². The summed E-state index contributed by atoms with van der Waals surface area (Å²) in [6.45, 7) is 3.72. The number of nitrogens with zero attached hydrogens (tertiary/aromatic N) is 3. The van der Waals surface area contributed by atoms with Crippen molar-refractivity contribution in [2.75, 3.05) is 19.7 Å². The molecule has 3 aromatic heterocycles. The molecule has 0 saturated carbocycles. The normalized spacial score (nSPS) is 18.8. The van der Waals surface area contributed by atoms with Crippen LogP contribution < -0.4 is 5.56 Å². The number of piperidine rings is 1. The molecule has 5 heterocycles. The lowest BCUT2D eigenvalue weighted by Crippen LogP contribution is -2.48. The molecule has 0 atom stereocenters. The Morgan fingerprint density at radius 3 is 3.00 bits per heavy atom. The zero-order valence-electron chi connectivity index (χ0n) is 15.0. The highest BCUT2D eigenvalue weighted by Gasteiger charge is 2.42. The number of thiophene rings is 1. The molecule has 2 aliphatic heterocycles. The van der Waals surface area contributed by atoms with Crippen LogP contribution in [-0.4, -0.2) is 45.1 Å². The second kappa shape index (κ2) is 6.03. The van der Waals surface area contributed by atoms with Gasteiger partial charge in [-0.25, -0.2) is 9.50 Å². The number of aromatic nitrogens is 3. The second-order valence-corrected chi connectivity index (χ2v) is 8.19. The van der Waals surface area contributed by atoms with Gasteiger partial charge in [0.1, 0.15) is 11.2 Å². The van der Waals surface area contributed by atoms with E-state index < -0.39 is 0 Å². The largest absolute Gasteiger partial charge is 0.369 e. The van der Waals surface area contributed by atoms with E-state index in [-0.39, 0.29) is 22.6 Å². The fourth-order valence-corrected chi connectivity index (χ4v) is 5.36. The van der Waals surface area contributed by atoms with Crippen molar-refractivity contribution in [3.63, 3.8) is 0 Å².